The van der Waals surface area contributed by atoms with Crippen LogP contribution in [-0.4, -0.2) is 47.3 Å². The third kappa shape index (κ3) is 5.12. The lowest BCUT2D eigenvalue weighted by molar-refractivity contribution is 0.114. The van der Waals surface area contributed by atoms with Crippen LogP contribution in [0.2, 0.25) is 0 Å². The second kappa shape index (κ2) is 8.19. The minimum atomic E-state index is -0.337. The highest BCUT2D eigenvalue weighted by molar-refractivity contribution is 5.07. The third-order valence-corrected chi connectivity index (χ3v) is 3.15. The van der Waals surface area contributed by atoms with Crippen molar-refractivity contribution in [3.05, 3.63) is 30.1 Å². The number of rotatable bonds is 8. The standard InChI is InChI=1S/C14H25N3O/c1-4-17(5-2)11-13(18)10-16-12(3)14-8-6-7-9-15-14/h6-9,12-13,16,18H,4-5,10-11H2,1-3H3/t12-,13?/m0/s1. The quantitative estimate of drug-likeness (QED) is 0.734. The summed E-state index contributed by atoms with van der Waals surface area (Å²) in [6, 6.07) is 6.05. The van der Waals surface area contributed by atoms with Crippen molar-refractivity contribution >= 4 is 0 Å². The Morgan fingerprint density at radius 2 is 2.06 bits per heavy atom. The number of nitrogens with zero attached hydrogens (tertiary/aromatic N) is 2. The summed E-state index contributed by atoms with van der Waals surface area (Å²) in [7, 11) is 0. The first-order valence-corrected chi connectivity index (χ1v) is 6.72. The zero-order valence-electron chi connectivity index (χ0n) is 11.6. The maximum absolute atomic E-state index is 9.95. The smallest absolute Gasteiger partial charge is 0.0791 e. The Morgan fingerprint density at radius 1 is 1.33 bits per heavy atom. The number of hydrogen-bond acceptors (Lipinski definition) is 4. The van der Waals surface area contributed by atoms with Crippen molar-refractivity contribution < 1.29 is 5.11 Å². The van der Waals surface area contributed by atoms with Gasteiger partial charge in [-0.25, -0.2) is 0 Å². The molecule has 0 aliphatic rings. The first-order valence-electron chi connectivity index (χ1n) is 6.72. The van der Waals surface area contributed by atoms with E-state index in [1.54, 1.807) is 6.20 Å². The molecule has 1 unspecified atom stereocenters. The molecule has 4 heteroatoms. The number of aliphatic hydroxyl groups excluding tert-OH is 1. The van der Waals surface area contributed by atoms with Gasteiger partial charge in [0.25, 0.3) is 0 Å². The van der Waals surface area contributed by atoms with E-state index in [-0.39, 0.29) is 12.1 Å². The van der Waals surface area contributed by atoms with Crippen LogP contribution in [0.1, 0.15) is 32.5 Å². The van der Waals surface area contributed by atoms with Crippen molar-refractivity contribution in [3.8, 4) is 0 Å². The fourth-order valence-corrected chi connectivity index (χ4v) is 1.89. The lowest BCUT2D eigenvalue weighted by Gasteiger charge is -2.23. The van der Waals surface area contributed by atoms with Gasteiger partial charge < -0.3 is 15.3 Å². The Labute approximate surface area is 110 Å². The Morgan fingerprint density at radius 3 is 2.61 bits per heavy atom. The molecule has 0 saturated heterocycles. The van der Waals surface area contributed by atoms with E-state index in [0.717, 1.165) is 25.3 Å². The predicted molar refractivity (Wildman–Crippen MR) is 74.4 cm³/mol. The van der Waals surface area contributed by atoms with E-state index in [1.807, 2.05) is 18.2 Å². The maximum atomic E-state index is 9.95. The molecule has 1 heterocycles. The Kier molecular flexibility index (Phi) is 6.86. The Balaban J connectivity index is 2.32. The zero-order valence-corrected chi connectivity index (χ0v) is 11.6. The van der Waals surface area contributed by atoms with E-state index in [4.69, 9.17) is 0 Å². The van der Waals surface area contributed by atoms with Crippen molar-refractivity contribution in [2.45, 2.75) is 32.9 Å². The molecule has 1 rings (SSSR count). The largest absolute Gasteiger partial charge is 0.390 e. The molecule has 0 spiro atoms. The lowest BCUT2D eigenvalue weighted by Crippen LogP contribution is -2.39. The van der Waals surface area contributed by atoms with Crippen molar-refractivity contribution in [2.24, 2.45) is 0 Å². The van der Waals surface area contributed by atoms with Crippen LogP contribution in [0, 0.1) is 0 Å². The first-order chi connectivity index (χ1) is 8.67. The van der Waals surface area contributed by atoms with E-state index < -0.39 is 0 Å². The molecule has 0 saturated carbocycles. The second-order valence-electron chi connectivity index (χ2n) is 4.52. The molecule has 18 heavy (non-hydrogen) atoms. The summed E-state index contributed by atoms with van der Waals surface area (Å²) in [4.78, 5) is 6.52. The van der Waals surface area contributed by atoms with E-state index in [1.165, 1.54) is 0 Å². The number of likely N-dealkylation sites (N-methyl/N-ethyl adjacent to an activating group) is 1. The minimum absolute atomic E-state index is 0.164. The molecule has 0 bridgehead atoms. The topological polar surface area (TPSA) is 48.4 Å². The molecule has 102 valence electrons. The highest BCUT2D eigenvalue weighted by atomic mass is 16.3. The second-order valence-corrected chi connectivity index (χ2v) is 4.52. The molecular formula is C14H25N3O. The molecule has 0 aliphatic heterocycles. The highest BCUT2D eigenvalue weighted by Gasteiger charge is 2.11. The molecule has 0 aromatic carbocycles. The summed E-state index contributed by atoms with van der Waals surface area (Å²) >= 11 is 0. The Bertz CT molecular complexity index is 314. The average molecular weight is 251 g/mol. The fraction of sp³-hybridized carbons (Fsp3) is 0.643. The molecule has 0 aliphatic carbocycles. The minimum Gasteiger partial charge on any atom is -0.390 e. The van der Waals surface area contributed by atoms with Crippen LogP contribution in [0.15, 0.2) is 24.4 Å². The van der Waals surface area contributed by atoms with E-state index >= 15 is 0 Å². The fourth-order valence-electron chi connectivity index (χ4n) is 1.89. The molecule has 2 atom stereocenters. The molecule has 1 aromatic rings. The van der Waals surface area contributed by atoms with Crippen LogP contribution in [0.25, 0.3) is 0 Å². The van der Waals surface area contributed by atoms with Gasteiger partial charge in [-0.15, -0.1) is 0 Å². The van der Waals surface area contributed by atoms with Gasteiger partial charge >= 0.3 is 0 Å². The molecule has 1 aromatic heterocycles. The average Bonchev–Trinajstić information content (AvgIpc) is 2.43. The van der Waals surface area contributed by atoms with E-state index in [9.17, 15) is 5.11 Å². The van der Waals surface area contributed by atoms with Gasteiger partial charge in [-0.2, -0.15) is 0 Å². The van der Waals surface area contributed by atoms with E-state index in [0.29, 0.717) is 6.54 Å². The monoisotopic (exact) mass is 251 g/mol. The molecular weight excluding hydrogens is 226 g/mol. The SMILES string of the molecule is CCN(CC)CC(O)CN[C@@H](C)c1ccccn1. The van der Waals surface area contributed by atoms with Gasteiger partial charge in [0.2, 0.25) is 0 Å². The Hall–Kier alpha value is -0.970. The van der Waals surface area contributed by atoms with Gasteiger partial charge in [0.05, 0.1) is 11.8 Å². The van der Waals surface area contributed by atoms with Crippen molar-refractivity contribution in [3.63, 3.8) is 0 Å². The summed E-state index contributed by atoms with van der Waals surface area (Å²) in [5.41, 5.74) is 1.01. The molecule has 0 fully saturated rings. The van der Waals surface area contributed by atoms with Crippen LogP contribution in [0.4, 0.5) is 0 Å². The van der Waals surface area contributed by atoms with Gasteiger partial charge in [0.1, 0.15) is 0 Å². The van der Waals surface area contributed by atoms with Crippen molar-refractivity contribution in [1.29, 1.82) is 0 Å². The third-order valence-electron chi connectivity index (χ3n) is 3.15. The summed E-state index contributed by atoms with van der Waals surface area (Å²) in [6.45, 7) is 9.54. The van der Waals surface area contributed by atoms with Gasteiger partial charge in [0, 0.05) is 25.3 Å². The summed E-state index contributed by atoms with van der Waals surface area (Å²) in [6.07, 6.45) is 1.45. The van der Waals surface area contributed by atoms with Gasteiger partial charge in [-0.1, -0.05) is 19.9 Å². The normalized spacial score (nSPS) is 14.7. The van der Waals surface area contributed by atoms with Crippen LogP contribution < -0.4 is 5.32 Å². The first kappa shape index (κ1) is 15.1. The number of hydrogen-bond donors (Lipinski definition) is 2. The van der Waals surface area contributed by atoms with Crippen molar-refractivity contribution in [2.75, 3.05) is 26.2 Å². The number of aliphatic hydroxyl groups is 1. The summed E-state index contributed by atoms with van der Waals surface area (Å²) in [5.74, 6) is 0. The van der Waals surface area contributed by atoms with Gasteiger partial charge in [-0.05, 0) is 32.1 Å². The molecule has 0 amide bonds. The highest BCUT2D eigenvalue weighted by Crippen LogP contribution is 2.07. The molecule has 4 nitrogen and oxygen atoms in total. The molecule has 0 radical (unpaired) electrons. The predicted octanol–water partition coefficient (Wildman–Crippen LogP) is 1.43. The summed E-state index contributed by atoms with van der Waals surface area (Å²) < 4.78 is 0. The molecule has 2 N–H and O–H groups in total. The number of pyridine rings is 1. The lowest BCUT2D eigenvalue weighted by atomic mass is 10.2. The van der Waals surface area contributed by atoms with E-state index in [2.05, 4.69) is 36.0 Å². The van der Waals surface area contributed by atoms with Crippen LogP contribution in [-0.2, 0) is 0 Å². The van der Waals surface area contributed by atoms with Crippen LogP contribution in [0.5, 0.6) is 0 Å². The van der Waals surface area contributed by atoms with Gasteiger partial charge in [-0.3, -0.25) is 4.98 Å². The number of aromatic nitrogens is 1. The van der Waals surface area contributed by atoms with Gasteiger partial charge in [0.15, 0.2) is 0 Å². The number of nitrogens with one attached hydrogen (secondary N) is 1. The van der Waals surface area contributed by atoms with Crippen LogP contribution in [0.3, 0.4) is 0 Å². The van der Waals surface area contributed by atoms with Crippen molar-refractivity contribution in [1.82, 2.24) is 15.2 Å². The zero-order chi connectivity index (χ0) is 13.4. The summed E-state index contributed by atoms with van der Waals surface area (Å²) in [5, 5.41) is 13.3. The maximum Gasteiger partial charge on any atom is 0.0791 e. The van der Waals surface area contributed by atoms with Crippen LogP contribution >= 0.6 is 0 Å².